The number of hydrogen-bond donors (Lipinski definition) is 2. The lowest BCUT2D eigenvalue weighted by Gasteiger charge is -2.43. The lowest BCUT2D eigenvalue weighted by Crippen LogP contribution is -2.58. The minimum Gasteiger partial charge on any atom is -0.381 e. The molecule has 0 bridgehead atoms. The first-order chi connectivity index (χ1) is 10.1. The van der Waals surface area contributed by atoms with Gasteiger partial charge in [-0.1, -0.05) is 22.0 Å². The molecule has 1 aliphatic heterocycles. The maximum atomic E-state index is 13.2. The molecule has 1 saturated heterocycles. The minimum atomic E-state index is -0.338. The van der Waals surface area contributed by atoms with Crippen LogP contribution in [0, 0.1) is 5.82 Å². The molecular formula is C15H22BrFN2O2. The summed E-state index contributed by atoms with van der Waals surface area (Å²) >= 11 is 3.41. The van der Waals surface area contributed by atoms with Gasteiger partial charge < -0.3 is 9.47 Å². The summed E-state index contributed by atoms with van der Waals surface area (Å²) in [5.74, 6) is 5.53. The molecule has 3 N–H and O–H groups in total. The molecule has 0 aromatic heterocycles. The van der Waals surface area contributed by atoms with E-state index in [9.17, 15) is 4.39 Å². The zero-order chi connectivity index (χ0) is 15.3. The van der Waals surface area contributed by atoms with Crippen molar-refractivity contribution in [3.63, 3.8) is 0 Å². The molecule has 1 atom stereocenters. The van der Waals surface area contributed by atoms with Crippen LogP contribution in [0.1, 0.15) is 25.3 Å². The van der Waals surface area contributed by atoms with E-state index in [1.807, 2.05) is 6.92 Å². The van der Waals surface area contributed by atoms with Crippen molar-refractivity contribution in [1.29, 1.82) is 0 Å². The van der Waals surface area contributed by atoms with Gasteiger partial charge in [0.25, 0.3) is 0 Å². The van der Waals surface area contributed by atoms with E-state index in [0.29, 0.717) is 26.2 Å². The summed E-state index contributed by atoms with van der Waals surface area (Å²) < 4.78 is 25.5. The Balaban J connectivity index is 2.20. The van der Waals surface area contributed by atoms with Crippen molar-refractivity contribution in [1.82, 2.24) is 5.43 Å². The van der Waals surface area contributed by atoms with Gasteiger partial charge in [0.15, 0.2) is 0 Å². The highest BCUT2D eigenvalue weighted by molar-refractivity contribution is 9.10. The summed E-state index contributed by atoms with van der Waals surface area (Å²) in [5.41, 5.74) is 3.56. The van der Waals surface area contributed by atoms with Gasteiger partial charge in [0.2, 0.25) is 0 Å². The van der Waals surface area contributed by atoms with Crippen LogP contribution >= 0.6 is 15.9 Å². The standard InChI is InChI=1S/C15H22BrFN2O2/c1-2-21-15(5-7-20-8-6-15)14(19-18)9-11-3-4-12(17)10-13(11)16/h3-4,10,14,19H,2,5-9,18H2,1H3. The van der Waals surface area contributed by atoms with E-state index >= 15 is 0 Å². The first-order valence-corrected chi connectivity index (χ1v) is 8.02. The molecule has 0 aliphatic carbocycles. The van der Waals surface area contributed by atoms with Gasteiger partial charge in [-0.15, -0.1) is 0 Å². The zero-order valence-electron chi connectivity index (χ0n) is 12.2. The molecule has 4 nitrogen and oxygen atoms in total. The van der Waals surface area contributed by atoms with Gasteiger partial charge in [-0.25, -0.2) is 4.39 Å². The van der Waals surface area contributed by atoms with E-state index in [0.717, 1.165) is 22.9 Å². The average Bonchev–Trinajstić information content (AvgIpc) is 2.47. The lowest BCUT2D eigenvalue weighted by molar-refractivity contribution is -0.126. The highest BCUT2D eigenvalue weighted by Crippen LogP contribution is 2.32. The predicted molar refractivity (Wildman–Crippen MR) is 83.3 cm³/mol. The fourth-order valence-electron chi connectivity index (χ4n) is 2.90. The number of nitrogens with one attached hydrogen (secondary N) is 1. The van der Waals surface area contributed by atoms with Crippen molar-refractivity contribution in [3.8, 4) is 0 Å². The number of hydrogen-bond acceptors (Lipinski definition) is 4. The van der Waals surface area contributed by atoms with Crippen LogP contribution in [0.4, 0.5) is 4.39 Å². The van der Waals surface area contributed by atoms with Gasteiger partial charge >= 0.3 is 0 Å². The molecule has 21 heavy (non-hydrogen) atoms. The van der Waals surface area contributed by atoms with E-state index in [1.54, 1.807) is 6.07 Å². The Morgan fingerprint density at radius 2 is 2.19 bits per heavy atom. The topological polar surface area (TPSA) is 56.5 Å². The molecular weight excluding hydrogens is 339 g/mol. The van der Waals surface area contributed by atoms with Crippen LogP contribution in [0.5, 0.6) is 0 Å². The van der Waals surface area contributed by atoms with Gasteiger partial charge in [0, 0.05) is 37.1 Å². The number of rotatable bonds is 6. The normalized spacial score (nSPS) is 19.4. The number of nitrogens with two attached hydrogens (primary N) is 1. The maximum absolute atomic E-state index is 13.2. The van der Waals surface area contributed by atoms with Crippen LogP contribution in [-0.4, -0.2) is 31.5 Å². The second-order valence-corrected chi connectivity index (χ2v) is 6.12. The minimum absolute atomic E-state index is 0.0527. The first kappa shape index (κ1) is 16.8. The summed E-state index contributed by atoms with van der Waals surface area (Å²) in [6.45, 7) is 3.95. The summed E-state index contributed by atoms with van der Waals surface area (Å²) in [6.07, 6.45) is 2.26. The van der Waals surface area contributed by atoms with E-state index < -0.39 is 0 Å². The lowest BCUT2D eigenvalue weighted by atomic mass is 9.83. The third-order valence-electron chi connectivity index (χ3n) is 4.05. The Hall–Kier alpha value is -0.530. The zero-order valence-corrected chi connectivity index (χ0v) is 13.8. The van der Waals surface area contributed by atoms with Gasteiger partial charge in [-0.05, 0) is 31.0 Å². The third-order valence-corrected chi connectivity index (χ3v) is 4.78. The quantitative estimate of drug-likeness (QED) is 0.604. The van der Waals surface area contributed by atoms with E-state index in [1.165, 1.54) is 12.1 Å². The summed E-state index contributed by atoms with van der Waals surface area (Å²) in [5, 5.41) is 0. The molecule has 0 saturated carbocycles. The average molecular weight is 361 g/mol. The maximum Gasteiger partial charge on any atom is 0.124 e. The number of ether oxygens (including phenoxy) is 2. The molecule has 1 aliphatic rings. The van der Waals surface area contributed by atoms with Crippen molar-refractivity contribution >= 4 is 15.9 Å². The molecule has 0 amide bonds. The first-order valence-electron chi connectivity index (χ1n) is 7.23. The monoisotopic (exact) mass is 360 g/mol. The molecule has 6 heteroatoms. The van der Waals surface area contributed by atoms with Crippen molar-refractivity contribution in [2.45, 2.75) is 37.8 Å². The fraction of sp³-hybridized carbons (Fsp3) is 0.600. The molecule has 1 unspecified atom stereocenters. The summed E-state index contributed by atoms with van der Waals surface area (Å²) in [7, 11) is 0. The highest BCUT2D eigenvalue weighted by Gasteiger charge is 2.41. The van der Waals surface area contributed by atoms with Crippen LogP contribution < -0.4 is 11.3 Å². The van der Waals surface area contributed by atoms with Crippen LogP contribution in [-0.2, 0) is 15.9 Å². The Bertz CT molecular complexity index is 461. The van der Waals surface area contributed by atoms with E-state index in [2.05, 4.69) is 21.4 Å². The third kappa shape index (κ3) is 4.02. The van der Waals surface area contributed by atoms with Crippen molar-refractivity contribution < 1.29 is 13.9 Å². The molecule has 0 spiro atoms. The van der Waals surface area contributed by atoms with Crippen LogP contribution in [0.2, 0.25) is 0 Å². The second kappa shape index (κ2) is 7.65. The number of hydrazine groups is 1. The van der Waals surface area contributed by atoms with Gasteiger partial charge in [0.05, 0.1) is 11.6 Å². The molecule has 1 fully saturated rings. The van der Waals surface area contributed by atoms with Crippen LogP contribution in [0.3, 0.4) is 0 Å². The van der Waals surface area contributed by atoms with Gasteiger partial charge in [-0.2, -0.15) is 0 Å². The highest BCUT2D eigenvalue weighted by atomic mass is 79.9. The van der Waals surface area contributed by atoms with E-state index in [-0.39, 0.29) is 17.5 Å². The molecule has 2 rings (SSSR count). The Morgan fingerprint density at radius 1 is 1.48 bits per heavy atom. The summed E-state index contributed by atoms with van der Waals surface area (Å²) in [4.78, 5) is 0. The Labute approximate surface area is 133 Å². The fourth-order valence-corrected chi connectivity index (χ4v) is 3.41. The van der Waals surface area contributed by atoms with Crippen LogP contribution in [0.25, 0.3) is 0 Å². The van der Waals surface area contributed by atoms with Gasteiger partial charge in [-0.3, -0.25) is 11.3 Å². The van der Waals surface area contributed by atoms with E-state index in [4.69, 9.17) is 15.3 Å². The molecule has 1 aromatic carbocycles. The molecule has 118 valence electrons. The molecule has 1 aromatic rings. The van der Waals surface area contributed by atoms with Gasteiger partial charge in [0.1, 0.15) is 5.82 Å². The molecule has 1 heterocycles. The Morgan fingerprint density at radius 3 is 2.76 bits per heavy atom. The smallest absolute Gasteiger partial charge is 0.124 e. The van der Waals surface area contributed by atoms with Crippen LogP contribution in [0.15, 0.2) is 22.7 Å². The molecule has 0 radical (unpaired) electrons. The van der Waals surface area contributed by atoms with Crippen molar-refractivity contribution in [3.05, 3.63) is 34.1 Å². The number of benzene rings is 1. The van der Waals surface area contributed by atoms with Crippen molar-refractivity contribution in [2.24, 2.45) is 5.84 Å². The Kier molecular flexibility index (Phi) is 6.13. The summed E-state index contributed by atoms with van der Waals surface area (Å²) in [6, 6.07) is 4.66. The predicted octanol–water partition coefficient (Wildman–Crippen LogP) is 2.55. The largest absolute Gasteiger partial charge is 0.381 e. The second-order valence-electron chi connectivity index (χ2n) is 5.27. The number of halogens is 2. The van der Waals surface area contributed by atoms with Crippen molar-refractivity contribution in [2.75, 3.05) is 19.8 Å². The SMILES string of the molecule is CCOC1(C(Cc2ccc(F)cc2Br)NN)CCOCC1.